The summed E-state index contributed by atoms with van der Waals surface area (Å²) in [6.07, 6.45) is 4.98. The molecule has 2 aliphatic heterocycles. The predicted molar refractivity (Wildman–Crippen MR) is 150 cm³/mol. The molecular formula is C25H29ClN8O3S. The fourth-order valence-corrected chi connectivity index (χ4v) is 5.64. The molecule has 0 aliphatic carbocycles. The lowest BCUT2D eigenvalue weighted by Crippen LogP contribution is -2.43. The van der Waals surface area contributed by atoms with E-state index in [-0.39, 0.29) is 30.0 Å². The van der Waals surface area contributed by atoms with E-state index in [2.05, 4.69) is 25.1 Å². The lowest BCUT2D eigenvalue weighted by molar-refractivity contribution is 0.102. The van der Waals surface area contributed by atoms with Crippen molar-refractivity contribution in [3.8, 4) is 11.5 Å². The minimum atomic E-state index is -0.373. The maximum atomic E-state index is 13.3. The number of aryl methyl sites for hydroxylation is 1. The first-order valence-electron chi connectivity index (χ1n) is 12.4. The number of aromatic nitrogens is 4. The number of oxazole rings is 1. The highest BCUT2D eigenvalue weighted by molar-refractivity contribution is 7.22. The maximum absolute atomic E-state index is 13.3. The zero-order valence-corrected chi connectivity index (χ0v) is 22.6. The highest BCUT2D eigenvalue weighted by Crippen LogP contribution is 2.35. The van der Waals surface area contributed by atoms with Gasteiger partial charge in [0.15, 0.2) is 22.3 Å². The number of rotatable bonds is 5. The molecule has 0 spiro atoms. The van der Waals surface area contributed by atoms with E-state index < -0.39 is 0 Å². The molecule has 4 aromatic rings. The van der Waals surface area contributed by atoms with Crippen molar-refractivity contribution in [2.75, 3.05) is 54.5 Å². The molecule has 2 aliphatic rings. The number of nitrogens with zero attached hydrogens (tertiary/aromatic N) is 6. The number of hydrogen-bond donors (Lipinski definition) is 2. The van der Waals surface area contributed by atoms with Gasteiger partial charge >= 0.3 is 0 Å². The van der Waals surface area contributed by atoms with E-state index >= 15 is 0 Å². The van der Waals surface area contributed by atoms with Gasteiger partial charge in [-0.1, -0.05) is 11.3 Å². The van der Waals surface area contributed by atoms with Crippen molar-refractivity contribution in [2.24, 2.45) is 5.73 Å². The van der Waals surface area contributed by atoms with Gasteiger partial charge < -0.3 is 30.0 Å². The third-order valence-corrected chi connectivity index (χ3v) is 7.57. The van der Waals surface area contributed by atoms with Crippen molar-refractivity contribution >= 4 is 56.6 Å². The number of ether oxygens (including phenoxy) is 1. The first kappa shape index (κ1) is 26.3. The number of nitrogens with one attached hydrogen (secondary N) is 1. The number of morpholine rings is 1. The molecule has 38 heavy (non-hydrogen) atoms. The summed E-state index contributed by atoms with van der Waals surface area (Å²) in [4.78, 5) is 35.9. The molecule has 0 aromatic carbocycles. The lowest BCUT2D eigenvalue weighted by atomic mass is 10.1. The summed E-state index contributed by atoms with van der Waals surface area (Å²) in [7, 11) is 0. The van der Waals surface area contributed by atoms with E-state index in [0.29, 0.717) is 42.8 Å². The number of amides is 1. The van der Waals surface area contributed by atoms with Crippen LogP contribution in [0.25, 0.3) is 21.8 Å². The number of halogens is 1. The number of nitrogens with two attached hydrogens (primary N) is 1. The summed E-state index contributed by atoms with van der Waals surface area (Å²) in [6, 6.07) is 5.66. The van der Waals surface area contributed by atoms with Gasteiger partial charge in [0, 0.05) is 49.7 Å². The SMILES string of the molecule is Cc1cc(-c2nc(C(=O)Nc3cc4sc(N5CCOCC5)nc4nc3N3CCCC(N)C3)co2)ccn1.Cl. The van der Waals surface area contributed by atoms with Crippen LogP contribution in [-0.2, 0) is 4.74 Å². The van der Waals surface area contributed by atoms with Crippen LogP contribution in [0, 0.1) is 6.92 Å². The molecule has 0 bridgehead atoms. The fraction of sp³-hybridized carbons (Fsp3) is 0.400. The Labute approximate surface area is 229 Å². The second-order valence-electron chi connectivity index (χ2n) is 9.30. The second-order valence-corrected chi connectivity index (χ2v) is 10.3. The predicted octanol–water partition coefficient (Wildman–Crippen LogP) is 3.49. The number of pyridine rings is 2. The van der Waals surface area contributed by atoms with Crippen LogP contribution in [0.4, 0.5) is 16.6 Å². The summed E-state index contributed by atoms with van der Waals surface area (Å²) in [5, 5.41) is 3.93. The standard InChI is InChI=1S/C25H28N8O3S.ClH/c1-15-11-16(4-5-27-15)24-29-19(14-36-24)23(34)28-18-12-20-21(30-22(18)33-6-2-3-17(26)13-33)31-25(37-20)32-7-9-35-10-8-32;/h4-5,11-12,14,17H,2-3,6-10,13,26H2,1H3,(H,28,34);1H. The molecule has 2 fully saturated rings. The van der Waals surface area contributed by atoms with Gasteiger partial charge in [0.25, 0.3) is 5.91 Å². The Morgan fingerprint density at radius 1 is 1.16 bits per heavy atom. The molecular weight excluding hydrogens is 528 g/mol. The number of carbonyl (C=O) groups excluding carboxylic acids is 1. The minimum absolute atomic E-state index is 0. The van der Waals surface area contributed by atoms with Gasteiger partial charge in [-0.25, -0.2) is 9.97 Å². The molecule has 200 valence electrons. The third kappa shape index (κ3) is 5.44. The van der Waals surface area contributed by atoms with Crippen molar-refractivity contribution in [3.05, 3.63) is 42.0 Å². The number of piperidine rings is 1. The van der Waals surface area contributed by atoms with Gasteiger partial charge in [-0.05, 0) is 38.0 Å². The first-order chi connectivity index (χ1) is 18.0. The molecule has 11 nitrogen and oxygen atoms in total. The van der Waals surface area contributed by atoms with Crippen molar-refractivity contribution in [1.29, 1.82) is 0 Å². The monoisotopic (exact) mass is 556 g/mol. The lowest BCUT2D eigenvalue weighted by Gasteiger charge is -2.32. The highest BCUT2D eigenvalue weighted by atomic mass is 35.5. The van der Waals surface area contributed by atoms with Crippen molar-refractivity contribution in [3.63, 3.8) is 0 Å². The highest BCUT2D eigenvalue weighted by Gasteiger charge is 2.25. The Morgan fingerprint density at radius 3 is 2.79 bits per heavy atom. The smallest absolute Gasteiger partial charge is 0.277 e. The molecule has 6 rings (SSSR count). The second kappa shape index (κ2) is 11.2. The number of fused-ring (bicyclic) bond motifs is 1. The van der Waals surface area contributed by atoms with Crippen LogP contribution in [-0.4, -0.2) is 71.3 Å². The molecule has 1 atom stereocenters. The first-order valence-corrected chi connectivity index (χ1v) is 13.2. The van der Waals surface area contributed by atoms with E-state index in [1.54, 1.807) is 23.6 Å². The Bertz CT molecular complexity index is 1440. The molecule has 13 heteroatoms. The van der Waals surface area contributed by atoms with E-state index in [9.17, 15) is 4.79 Å². The number of carbonyl (C=O) groups is 1. The maximum Gasteiger partial charge on any atom is 0.277 e. The van der Waals surface area contributed by atoms with Gasteiger partial charge in [-0.3, -0.25) is 9.78 Å². The summed E-state index contributed by atoms with van der Waals surface area (Å²) in [6.45, 7) is 6.32. The molecule has 4 aromatic heterocycles. The van der Waals surface area contributed by atoms with Crippen LogP contribution < -0.4 is 20.9 Å². The summed E-state index contributed by atoms with van der Waals surface area (Å²) >= 11 is 1.56. The van der Waals surface area contributed by atoms with Crippen molar-refractivity contribution in [2.45, 2.75) is 25.8 Å². The van der Waals surface area contributed by atoms with Crippen LogP contribution in [0.5, 0.6) is 0 Å². The van der Waals surface area contributed by atoms with Gasteiger partial charge in [-0.2, -0.15) is 4.98 Å². The largest absolute Gasteiger partial charge is 0.444 e. The molecule has 0 radical (unpaired) electrons. The van der Waals surface area contributed by atoms with Crippen LogP contribution in [0.15, 0.2) is 35.1 Å². The molecule has 2 saturated heterocycles. The average Bonchev–Trinajstić information content (AvgIpc) is 3.56. The van der Waals surface area contributed by atoms with Crippen LogP contribution in [0.3, 0.4) is 0 Å². The minimum Gasteiger partial charge on any atom is -0.444 e. The van der Waals surface area contributed by atoms with Crippen molar-refractivity contribution in [1.82, 2.24) is 19.9 Å². The molecule has 0 saturated carbocycles. The van der Waals surface area contributed by atoms with E-state index in [4.69, 9.17) is 24.9 Å². The molecule has 1 unspecified atom stereocenters. The van der Waals surface area contributed by atoms with E-state index in [1.807, 2.05) is 19.1 Å². The summed E-state index contributed by atoms with van der Waals surface area (Å²) < 4.78 is 12.0. The third-order valence-electron chi connectivity index (χ3n) is 6.52. The van der Waals surface area contributed by atoms with Crippen LogP contribution >= 0.6 is 23.7 Å². The molecule has 3 N–H and O–H groups in total. The number of thiazole rings is 1. The quantitative estimate of drug-likeness (QED) is 0.376. The normalized spacial score (nSPS) is 17.9. The zero-order valence-electron chi connectivity index (χ0n) is 20.9. The zero-order chi connectivity index (χ0) is 25.4. The Hall–Kier alpha value is -3.32. The Morgan fingerprint density at radius 2 is 2.00 bits per heavy atom. The van der Waals surface area contributed by atoms with Gasteiger partial charge in [0.1, 0.15) is 6.26 Å². The topological polar surface area (TPSA) is 136 Å². The van der Waals surface area contributed by atoms with Gasteiger partial charge in [0.2, 0.25) is 5.89 Å². The number of anilines is 3. The number of hydrogen-bond acceptors (Lipinski definition) is 11. The van der Waals surface area contributed by atoms with E-state index in [0.717, 1.165) is 53.6 Å². The van der Waals surface area contributed by atoms with Crippen LogP contribution in [0.2, 0.25) is 0 Å². The summed E-state index contributed by atoms with van der Waals surface area (Å²) in [5.41, 5.74) is 9.32. The molecule has 6 heterocycles. The van der Waals surface area contributed by atoms with Crippen LogP contribution in [0.1, 0.15) is 29.0 Å². The van der Waals surface area contributed by atoms with E-state index in [1.165, 1.54) is 6.26 Å². The Balaban J connectivity index is 0.00000294. The Kier molecular flexibility index (Phi) is 7.75. The van der Waals surface area contributed by atoms with Crippen molar-refractivity contribution < 1.29 is 13.9 Å². The van der Waals surface area contributed by atoms with Gasteiger partial charge in [-0.15, -0.1) is 12.4 Å². The van der Waals surface area contributed by atoms with Gasteiger partial charge in [0.05, 0.1) is 23.6 Å². The fourth-order valence-electron chi connectivity index (χ4n) is 4.64. The summed E-state index contributed by atoms with van der Waals surface area (Å²) in [5.74, 6) is 0.662. The molecule has 1 amide bonds. The average molecular weight is 557 g/mol.